The quantitative estimate of drug-likeness (QED) is 0.660. The zero-order valence-electron chi connectivity index (χ0n) is 20.3. The second kappa shape index (κ2) is 10.7. The minimum absolute atomic E-state index is 0.00949. The van der Waals surface area contributed by atoms with Crippen molar-refractivity contribution in [1.29, 1.82) is 0 Å². The summed E-state index contributed by atoms with van der Waals surface area (Å²) >= 11 is 0. The molecule has 1 amide bonds. The van der Waals surface area contributed by atoms with Crippen LogP contribution in [0.5, 0.6) is 0 Å². The van der Waals surface area contributed by atoms with E-state index in [4.69, 9.17) is 0 Å². The normalized spacial score (nSPS) is 23.7. The number of alkyl halides is 3. The molecule has 2 saturated heterocycles. The molecule has 0 aliphatic carbocycles. The first-order valence-electron chi connectivity index (χ1n) is 12.3. The van der Waals surface area contributed by atoms with Gasteiger partial charge in [0.1, 0.15) is 0 Å². The Labute approximate surface area is 205 Å². The molecule has 2 aromatic carbocycles. The van der Waals surface area contributed by atoms with Crippen LogP contribution in [0.2, 0.25) is 0 Å². The number of benzene rings is 2. The smallest absolute Gasteiger partial charge is 0.390 e. The highest BCUT2D eigenvalue weighted by Gasteiger charge is 2.49. The fourth-order valence-electron chi connectivity index (χ4n) is 5.46. The average Bonchev–Trinajstić information content (AvgIpc) is 2.82. The van der Waals surface area contributed by atoms with Gasteiger partial charge in [-0.3, -0.25) is 9.69 Å². The highest BCUT2D eigenvalue weighted by atomic mass is 19.4. The third kappa shape index (κ3) is 5.88. The first-order chi connectivity index (χ1) is 16.7. The van der Waals surface area contributed by atoms with E-state index in [0.717, 1.165) is 36.1 Å². The summed E-state index contributed by atoms with van der Waals surface area (Å²) in [6.07, 6.45) is -3.14. The lowest BCUT2D eigenvalue weighted by Crippen LogP contribution is -2.67. The molecule has 2 fully saturated rings. The maximum absolute atomic E-state index is 12.8. The van der Waals surface area contributed by atoms with E-state index < -0.39 is 12.6 Å². The van der Waals surface area contributed by atoms with Crippen molar-refractivity contribution in [3.05, 3.63) is 59.7 Å². The van der Waals surface area contributed by atoms with Crippen molar-refractivity contribution < 1.29 is 23.1 Å². The number of rotatable bonds is 6. The lowest BCUT2D eigenvalue weighted by atomic mass is 9.74. The first kappa shape index (κ1) is 25.7. The molecule has 5 nitrogen and oxygen atoms in total. The van der Waals surface area contributed by atoms with Crippen molar-refractivity contribution >= 4 is 5.91 Å². The third-order valence-electron chi connectivity index (χ3n) is 7.33. The van der Waals surface area contributed by atoms with Gasteiger partial charge in [0.2, 0.25) is 0 Å². The zero-order chi connectivity index (χ0) is 25.2. The van der Waals surface area contributed by atoms with Gasteiger partial charge in [0, 0.05) is 50.7 Å². The van der Waals surface area contributed by atoms with E-state index in [2.05, 4.69) is 17.0 Å². The van der Waals surface area contributed by atoms with Crippen LogP contribution in [0.25, 0.3) is 11.1 Å². The van der Waals surface area contributed by atoms with Crippen molar-refractivity contribution in [3.63, 3.8) is 0 Å². The number of fused-ring (bicyclic) bond motifs is 1. The fraction of sp³-hybridized carbons (Fsp3) is 0.519. The van der Waals surface area contributed by atoms with Crippen molar-refractivity contribution in [2.45, 2.75) is 43.4 Å². The van der Waals surface area contributed by atoms with E-state index in [1.54, 1.807) is 19.0 Å². The number of nitrogens with zero attached hydrogens (tertiary/aromatic N) is 3. The molecule has 2 aliphatic heterocycles. The minimum Gasteiger partial charge on any atom is -0.395 e. The summed E-state index contributed by atoms with van der Waals surface area (Å²) in [6.45, 7) is 2.20. The molecular weight excluding hydrogens is 455 g/mol. The van der Waals surface area contributed by atoms with Crippen molar-refractivity contribution in [1.82, 2.24) is 14.7 Å². The Kier molecular flexibility index (Phi) is 7.83. The number of aliphatic hydroxyl groups is 1. The number of hydrogen-bond acceptors (Lipinski definition) is 4. The summed E-state index contributed by atoms with van der Waals surface area (Å²) in [4.78, 5) is 17.9. The number of aliphatic hydroxyl groups excluding tert-OH is 1. The van der Waals surface area contributed by atoms with E-state index in [0.29, 0.717) is 18.7 Å². The summed E-state index contributed by atoms with van der Waals surface area (Å²) < 4.78 is 38.5. The van der Waals surface area contributed by atoms with Gasteiger partial charge in [0.25, 0.3) is 5.91 Å². The highest BCUT2D eigenvalue weighted by molar-refractivity contribution is 5.94. The molecule has 0 aromatic heterocycles. The van der Waals surface area contributed by atoms with Crippen LogP contribution in [0.15, 0.2) is 48.5 Å². The highest BCUT2D eigenvalue weighted by Crippen LogP contribution is 2.42. The third-order valence-corrected chi connectivity index (χ3v) is 7.33. The lowest BCUT2D eigenvalue weighted by Gasteiger charge is -2.57. The molecule has 2 aliphatic rings. The van der Waals surface area contributed by atoms with Crippen LogP contribution in [-0.4, -0.2) is 90.9 Å². The second-order valence-electron chi connectivity index (χ2n) is 9.85. The van der Waals surface area contributed by atoms with Crippen LogP contribution in [0.3, 0.4) is 0 Å². The molecule has 3 atom stereocenters. The topological polar surface area (TPSA) is 47.0 Å². The van der Waals surface area contributed by atoms with E-state index in [1.165, 1.54) is 0 Å². The van der Waals surface area contributed by atoms with Crippen LogP contribution < -0.4 is 0 Å². The van der Waals surface area contributed by atoms with Crippen molar-refractivity contribution in [2.75, 3.05) is 46.9 Å². The standard InChI is InChI=1S/C27H34F3N3O2/c1-31(2)26(35)22-11-7-20(8-12-22)19-5-9-21(10-6-19)25-23-17-32(16-13-27(28,29)30)14-3-4-15-33(23)24(25)18-34/h5-12,23-25,34H,3-4,13-18H2,1-2H3/t23-,24-,25-/m0/s1. The molecule has 0 bridgehead atoms. The van der Waals surface area contributed by atoms with Crippen LogP contribution in [-0.2, 0) is 0 Å². The van der Waals surface area contributed by atoms with Gasteiger partial charge in [-0.15, -0.1) is 0 Å². The van der Waals surface area contributed by atoms with Crippen LogP contribution in [0.1, 0.15) is 41.1 Å². The summed E-state index contributed by atoms with van der Waals surface area (Å²) in [5.74, 6) is 0.0422. The molecule has 0 spiro atoms. The average molecular weight is 490 g/mol. The monoisotopic (exact) mass is 489 g/mol. The number of halogens is 3. The van der Waals surface area contributed by atoms with E-state index >= 15 is 0 Å². The number of hydrogen-bond donors (Lipinski definition) is 1. The molecule has 2 heterocycles. The maximum atomic E-state index is 12.8. The van der Waals surface area contributed by atoms with Gasteiger partial charge in [0.05, 0.1) is 13.0 Å². The lowest BCUT2D eigenvalue weighted by molar-refractivity contribution is -0.140. The van der Waals surface area contributed by atoms with E-state index in [9.17, 15) is 23.1 Å². The maximum Gasteiger partial charge on any atom is 0.390 e. The molecule has 1 N–H and O–H groups in total. The van der Waals surface area contributed by atoms with Crippen molar-refractivity contribution in [2.24, 2.45) is 0 Å². The summed E-state index contributed by atoms with van der Waals surface area (Å²) in [6, 6.07) is 15.8. The molecule has 190 valence electrons. The summed E-state index contributed by atoms with van der Waals surface area (Å²) in [7, 11) is 3.45. The zero-order valence-corrected chi connectivity index (χ0v) is 20.3. The Morgan fingerprint density at radius 3 is 2.17 bits per heavy atom. The van der Waals surface area contributed by atoms with Crippen molar-refractivity contribution in [3.8, 4) is 11.1 Å². The predicted octanol–water partition coefficient (Wildman–Crippen LogP) is 4.23. The van der Waals surface area contributed by atoms with Gasteiger partial charge < -0.3 is 14.9 Å². The van der Waals surface area contributed by atoms with Gasteiger partial charge in [-0.2, -0.15) is 13.2 Å². The Morgan fingerprint density at radius 2 is 1.60 bits per heavy atom. The van der Waals surface area contributed by atoms with Crippen LogP contribution >= 0.6 is 0 Å². The van der Waals surface area contributed by atoms with Gasteiger partial charge in [-0.1, -0.05) is 36.4 Å². The number of carbonyl (C=O) groups excluding carboxylic acids is 1. The molecule has 0 radical (unpaired) electrons. The van der Waals surface area contributed by atoms with Gasteiger partial charge in [-0.25, -0.2) is 0 Å². The fourth-order valence-corrected chi connectivity index (χ4v) is 5.46. The molecular formula is C27H34F3N3O2. The molecule has 35 heavy (non-hydrogen) atoms. The summed E-state index contributed by atoms with van der Waals surface area (Å²) in [5.41, 5.74) is 3.77. The Balaban J connectivity index is 1.49. The molecule has 8 heteroatoms. The Hall–Kier alpha value is -2.42. The SMILES string of the molecule is CN(C)C(=O)c1ccc(-c2ccc([C@@H]3[C@H](CO)N4CCCCN(CCC(F)(F)F)C[C@@H]34)cc2)cc1. The molecule has 0 saturated carbocycles. The predicted molar refractivity (Wildman–Crippen MR) is 130 cm³/mol. The van der Waals surface area contributed by atoms with E-state index in [1.807, 2.05) is 41.3 Å². The number of carbonyl (C=O) groups is 1. The molecule has 0 unspecified atom stereocenters. The largest absolute Gasteiger partial charge is 0.395 e. The van der Waals surface area contributed by atoms with Crippen LogP contribution in [0, 0.1) is 0 Å². The molecule has 2 aromatic rings. The number of amides is 1. The van der Waals surface area contributed by atoms with Gasteiger partial charge in [0.15, 0.2) is 0 Å². The summed E-state index contributed by atoms with van der Waals surface area (Å²) in [5, 5.41) is 10.1. The Bertz CT molecular complexity index is 992. The van der Waals surface area contributed by atoms with Gasteiger partial charge >= 0.3 is 6.18 Å². The first-order valence-corrected chi connectivity index (χ1v) is 12.3. The van der Waals surface area contributed by atoms with Gasteiger partial charge in [-0.05, 0) is 54.8 Å². The Morgan fingerprint density at radius 1 is 1.00 bits per heavy atom. The second-order valence-corrected chi connectivity index (χ2v) is 9.85. The van der Waals surface area contributed by atoms with E-state index in [-0.39, 0.29) is 37.1 Å². The van der Waals surface area contributed by atoms with Crippen LogP contribution in [0.4, 0.5) is 13.2 Å². The minimum atomic E-state index is -4.15. The molecule has 4 rings (SSSR count).